The zero-order chi connectivity index (χ0) is 31.2. The lowest BCUT2D eigenvalue weighted by molar-refractivity contribution is -0.742. The number of hydrogen-bond donors (Lipinski definition) is 0. The van der Waals surface area contributed by atoms with Crippen LogP contribution in [0.25, 0.3) is 5.69 Å². The van der Waals surface area contributed by atoms with Crippen LogP contribution in [0, 0.1) is 0 Å². The monoisotopic (exact) mass is 625 g/mol. The fourth-order valence-corrected chi connectivity index (χ4v) is 8.40. The Balaban J connectivity index is 0.000000664. The molecular weight excluding hydrogens is 577 g/mol. The molecule has 3 fully saturated rings. The first-order valence-corrected chi connectivity index (χ1v) is 17.5. The smallest absolute Gasteiger partial charge is 0.418 e. The largest absolute Gasteiger partial charge is 0.673 e. The summed E-state index contributed by atoms with van der Waals surface area (Å²) in [5.74, 6) is 3.15. The Morgan fingerprint density at radius 3 is 1.78 bits per heavy atom. The van der Waals surface area contributed by atoms with Crippen LogP contribution in [0.4, 0.5) is 17.3 Å². The fourth-order valence-electron chi connectivity index (χ4n) is 8.40. The van der Waals surface area contributed by atoms with E-state index in [0.29, 0.717) is 18.4 Å². The third kappa shape index (κ3) is 8.38. The van der Waals surface area contributed by atoms with E-state index in [2.05, 4.69) is 58.0 Å². The Kier molecular flexibility index (Phi) is 10.6. The lowest BCUT2D eigenvalue weighted by Gasteiger charge is -2.31. The van der Waals surface area contributed by atoms with E-state index < -0.39 is 7.25 Å². The van der Waals surface area contributed by atoms with Gasteiger partial charge in [-0.3, -0.25) is 0 Å². The highest BCUT2D eigenvalue weighted by molar-refractivity contribution is 6.50. The molecular formula is C36H48BF4N3O. The molecule has 3 saturated carbocycles. The minimum Gasteiger partial charge on any atom is -0.418 e. The van der Waals surface area contributed by atoms with E-state index in [1.807, 2.05) is 0 Å². The zero-order valence-corrected chi connectivity index (χ0v) is 26.5. The normalized spacial score (nSPS) is 22.0. The summed E-state index contributed by atoms with van der Waals surface area (Å²) >= 11 is 0. The van der Waals surface area contributed by atoms with Crippen LogP contribution in [-0.2, 0) is 17.8 Å². The first kappa shape index (κ1) is 32.3. The third-order valence-corrected chi connectivity index (χ3v) is 10.6. The summed E-state index contributed by atoms with van der Waals surface area (Å²) in [6.07, 6.45) is 23.9. The summed E-state index contributed by atoms with van der Waals surface area (Å²) in [5, 5.41) is 5.32. The van der Waals surface area contributed by atoms with Crippen LogP contribution < -0.4 is 4.57 Å². The Bertz CT molecular complexity index is 1330. The van der Waals surface area contributed by atoms with Gasteiger partial charge in [-0.2, -0.15) is 0 Å². The lowest BCUT2D eigenvalue weighted by Crippen LogP contribution is -2.48. The summed E-state index contributed by atoms with van der Waals surface area (Å²) < 4.78 is 49.9. The quantitative estimate of drug-likeness (QED) is 0.155. The van der Waals surface area contributed by atoms with E-state index in [-0.39, 0.29) is 6.04 Å². The van der Waals surface area contributed by atoms with E-state index in [0.717, 1.165) is 24.8 Å². The molecule has 0 bridgehead atoms. The van der Waals surface area contributed by atoms with Crippen LogP contribution in [0.3, 0.4) is 0 Å². The van der Waals surface area contributed by atoms with Gasteiger partial charge in [-0.05, 0) is 78.5 Å². The zero-order valence-electron chi connectivity index (χ0n) is 26.5. The molecule has 2 heterocycles. The highest BCUT2D eigenvalue weighted by atomic mass is 19.5. The summed E-state index contributed by atoms with van der Waals surface area (Å²) in [4.78, 5) is 0. The minimum atomic E-state index is -6.00. The molecule has 9 heteroatoms. The molecule has 0 saturated heterocycles. The number of rotatable bonds is 6. The second kappa shape index (κ2) is 14.8. The van der Waals surface area contributed by atoms with Crippen molar-refractivity contribution in [3.63, 3.8) is 0 Å². The highest BCUT2D eigenvalue weighted by Crippen LogP contribution is 2.45. The fraction of sp³-hybridized carbons (Fsp3) is 0.611. The lowest BCUT2D eigenvalue weighted by atomic mass is 9.75. The van der Waals surface area contributed by atoms with Crippen molar-refractivity contribution >= 4 is 7.25 Å². The molecule has 0 radical (unpaired) electrons. The van der Waals surface area contributed by atoms with E-state index in [1.165, 1.54) is 108 Å². The number of benzene rings is 2. The molecule has 4 aliphatic rings. The molecule has 0 N–H and O–H groups in total. The number of aromatic nitrogens is 3. The van der Waals surface area contributed by atoms with Gasteiger partial charge in [0.2, 0.25) is 6.33 Å². The van der Waals surface area contributed by atoms with E-state index in [4.69, 9.17) is 9.84 Å². The van der Waals surface area contributed by atoms with Gasteiger partial charge in [0, 0.05) is 11.5 Å². The van der Waals surface area contributed by atoms with Gasteiger partial charge in [0.25, 0.3) is 0 Å². The summed E-state index contributed by atoms with van der Waals surface area (Å²) in [7, 11) is -6.00. The van der Waals surface area contributed by atoms with Crippen molar-refractivity contribution in [1.29, 1.82) is 0 Å². The average molecular weight is 626 g/mol. The Morgan fingerprint density at radius 1 is 0.733 bits per heavy atom. The van der Waals surface area contributed by atoms with Gasteiger partial charge in [-0.1, -0.05) is 105 Å². The maximum atomic E-state index is 9.75. The maximum Gasteiger partial charge on any atom is 0.673 e. The molecule has 2 aromatic carbocycles. The summed E-state index contributed by atoms with van der Waals surface area (Å²) in [6, 6.07) is 16.5. The maximum absolute atomic E-state index is 9.75. The van der Waals surface area contributed by atoms with Crippen LogP contribution in [0.5, 0.6) is 0 Å². The van der Waals surface area contributed by atoms with Crippen LogP contribution >= 0.6 is 0 Å². The topological polar surface area (TPSA) is 30.9 Å². The first-order valence-electron chi connectivity index (χ1n) is 17.5. The second-order valence-corrected chi connectivity index (χ2v) is 13.8. The molecule has 1 aromatic heterocycles. The van der Waals surface area contributed by atoms with Crippen LogP contribution in [-0.4, -0.2) is 23.6 Å². The predicted molar refractivity (Wildman–Crippen MR) is 170 cm³/mol. The number of halogens is 4. The third-order valence-electron chi connectivity index (χ3n) is 10.6. The van der Waals surface area contributed by atoms with Crippen LogP contribution in [0.1, 0.15) is 148 Å². The first-order chi connectivity index (χ1) is 21.8. The van der Waals surface area contributed by atoms with Gasteiger partial charge in [0.1, 0.15) is 18.3 Å². The van der Waals surface area contributed by atoms with Gasteiger partial charge < -0.3 is 22.0 Å². The van der Waals surface area contributed by atoms with Crippen molar-refractivity contribution in [1.82, 2.24) is 9.78 Å². The van der Waals surface area contributed by atoms with E-state index in [1.54, 1.807) is 16.7 Å². The molecule has 3 aliphatic carbocycles. The molecule has 4 nitrogen and oxygen atoms in total. The van der Waals surface area contributed by atoms with E-state index >= 15 is 0 Å². The van der Waals surface area contributed by atoms with E-state index in [9.17, 15) is 17.3 Å². The van der Waals surface area contributed by atoms with Gasteiger partial charge in [0.05, 0.1) is 6.61 Å². The van der Waals surface area contributed by atoms with Crippen molar-refractivity contribution in [2.24, 2.45) is 0 Å². The van der Waals surface area contributed by atoms with Crippen molar-refractivity contribution in [2.75, 3.05) is 6.61 Å². The van der Waals surface area contributed by atoms with Crippen molar-refractivity contribution in [2.45, 2.75) is 133 Å². The number of ether oxygens (including phenoxy) is 1. The predicted octanol–water partition coefficient (Wildman–Crippen LogP) is 9.92. The van der Waals surface area contributed by atoms with Crippen molar-refractivity contribution in [3.05, 3.63) is 76.9 Å². The molecule has 244 valence electrons. The average Bonchev–Trinajstić information content (AvgIpc) is 3.50. The van der Waals surface area contributed by atoms with Crippen LogP contribution in [0.15, 0.2) is 48.8 Å². The molecule has 0 unspecified atom stereocenters. The molecule has 1 atom stereocenters. The Morgan fingerprint density at radius 2 is 1.24 bits per heavy atom. The minimum absolute atomic E-state index is 0.290. The molecule has 0 amide bonds. The molecule has 45 heavy (non-hydrogen) atoms. The SMILES string of the molecule is F[B-](F)(F)F.c1ccc(C[C@@H]2COCc3nn(-c4c(C5CCCCC5)cc(C5CCCCC5)cc4C4CCCCC4)c[n+]32)cc1. The second-order valence-electron chi connectivity index (χ2n) is 13.8. The molecule has 7 rings (SSSR count). The molecule has 1 aliphatic heterocycles. The van der Waals surface area contributed by atoms with Crippen LogP contribution in [0.2, 0.25) is 0 Å². The summed E-state index contributed by atoms with van der Waals surface area (Å²) in [5.41, 5.74) is 7.69. The summed E-state index contributed by atoms with van der Waals surface area (Å²) in [6.45, 7) is 1.36. The Hall–Kier alpha value is -2.68. The van der Waals surface area contributed by atoms with Gasteiger partial charge >= 0.3 is 13.1 Å². The molecule has 0 spiro atoms. The molecule has 3 aromatic rings. The number of hydrogen-bond acceptors (Lipinski definition) is 2. The van der Waals surface area contributed by atoms with Gasteiger partial charge in [0.15, 0.2) is 0 Å². The van der Waals surface area contributed by atoms with Gasteiger partial charge in [-0.25, -0.2) is 4.57 Å². The van der Waals surface area contributed by atoms with Gasteiger partial charge in [-0.15, -0.1) is 0 Å². The van der Waals surface area contributed by atoms with Crippen molar-refractivity contribution < 1.29 is 26.6 Å². The van der Waals surface area contributed by atoms with Crippen molar-refractivity contribution in [3.8, 4) is 5.69 Å². The number of nitrogens with zero attached hydrogens (tertiary/aromatic N) is 3. The number of fused-ring (bicyclic) bond motifs is 1. The highest BCUT2D eigenvalue weighted by Gasteiger charge is 2.35. The standard InChI is InChI=1S/C36H48N3O.BF4/c1-5-13-27(14-6-1)21-32-24-40-25-35-37-39(26-38(32)35)36-33(29-17-9-3-10-18-29)22-31(28-15-7-2-8-16-28)23-34(36)30-19-11-4-12-20-30;2-1(3,4)5/h1,5-6,13-14,22-23,26,28-30,32H,2-4,7-12,15-21,24-25H2;/q+1;-1/t32-;/m1./s1. The Labute approximate surface area is 265 Å².